The summed E-state index contributed by atoms with van der Waals surface area (Å²) in [5.41, 5.74) is 2.01. The van der Waals surface area contributed by atoms with E-state index in [-0.39, 0.29) is 0 Å². The summed E-state index contributed by atoms with van der Waals surface area (Å²) in [5, 5.41) is 3.71. The Bertz CT molecular complexity index is 294. The van der Waals surface area contributed by atoms with Crippen LogP contribution in [0.3, 0.4) is 0 Å². The molecule has 0 heterocycles. The third-order valence-corrected chi connectivity index (χ3v) is 2.14. The average molecular weight is 227 g/mol. The second-order valence-electron chi connectivity index (χ2n) is 2.44. The Hall–Kier alpha value is -0.830. The lowest BCUT2D eigenvalue weighted by atomic mass is 10.1. The predicted molar refractivity (Wildman–Crippen MR) is 55.2 cm³/mol. The largest absolute Gasteiger partial charge is 0.323 e. The van der Waals surface area contributed by atoms with E-state index < -0.39 is 0 Å². The van der Waals surface area contributed by atoms with Gasteiger partial charge in [0.05, 0.1) is 5.71 Å². The lowest BCUT2D eigenvalue weighted by Crippen LogP contribution is -2.02. The summed E-state index contributed by atoms with van der Waals surface area (Å²) in [6, 6.07) is 7.96. The normalized spacial score (nSPS) is 11.7. The summed E-state index contributed by atoms with van der Waals surface area (Å²) in [5.74, 6) is 5.24. The van der Waals surface area contributed by atoms with E-state index in [1.807, 2.05) is 31.2 Å². The lowest BCUT2D eigenvalue weighted by molar-refractivity contribution is 1.17. The van der Waals surface area contributed by atoms with Gasteiger partial charge in [-0.05, 0) is 24.1 Å². The molecule has 0 amide bonds. The summed E-state index contributed by atoms with van der Waals surface area (Å²) in [4.78, 5) is 0. The molecular weight excluding hydrogens is 216 g/mol. The van der Waals surface area contributed by atoms with Gasteiger partial charge in [0, 0.05) is 4.47 Å². The number of hydrogen-bond acceptors (Lipinski definition) is 2. The summed E-state index contributed by atoms with van der Waals surface area (Å²) >= 11 is 3.39. The molecule has 1 rings (SSSR count). The van der Waals surface area contributed by atoms with Crippen LogP contribution in [0.5, 0.6) is 0 Å². The Kier molecular flexibility index (Phi) is 3.29. The number of halogens is 1. The molecule has 0 radical (unpaired) electrons. The molecule has 0 fully saturated rings. The monoisotopic (exact) mass is 226 g/mol. The van der Waals surface area contributed by atoms with Gasteiger partial charge in [-0.2, -0.15) is 5.10 Å². The summed E-state index contributed by atoms with van der Waals surface area (Å²) in [7, 11) is 0. The zero-order chi connectivity index (χ0) is 8.97. The minimum atomic E-state index is 0.854. The molecule has 1 aromatic carbocycles. The smallest absolute Gasteiger partial charge is 0.0670 e. The number of hydrazone groups is 1. The van der Waals surface area contributed by atoms with Gasteiger partial charge >= 0.3 is 0 Å². The molecule has 0 bridgehead atoms. The zero-order valence-electron chi connectivity index (χ0n) is 6.92. The van der Waals surface area contributed by atoms with Crippen LogP contribution in [0.2, 0.25) is 0 Å². The lowest BCUT2D eigenvalue weighted by Gasteiger charge is -2.01. The van der Waals surface area contributed by atoms with Crippen molar-refractivity contribution in [2.24, 2.45) is 10.9 Å². The maximum Gasteiger partial charge on any atom is 0.0670 e. The molecule has 3 heteroatoms. The first-order chi connectivity index (χ1) is 5.77. The van der Waals surface area contributed by atoms with E-state index in [1.165, 1.54) is 0 Å². The van der Waals surface area contributed by atoms with Crippen LogP contribution in [-0.4, -0.2) is 5.71 Å². The highest BCUT2D eigenvalue weighted by Crippen LogP contribution is 2.13. The second-order valence-corrected chi connectivity index (χ2v) is 3.36. The zero-order valence-corrected chi connectivity index (χ0v) is 8.51. The Labute approximate surface area is 80.6 Å². The summed E-state index contributed by atoms with van der Waals surface area (Å²) in [6.07, 6.45) is 0.854. The van der Waals surface area contributed by atoms with Gasteiger partial charge in [0.25, 0.3) is 0 Å². The molecule has 64 valence electrons. The van der Waals surface area contributed by atoms with Crippen molar-refractivity contribution >= 4 is 21.6 Å². The highest BCUT2D eigenvalue weighted by molar-refractivity contribution is 9.10. The van der Waals surface area contributed by atoms with Crippen molar-refractivity contribution in [3.63, 3.8) is 0 Å². The van der Waals surface area contributed by atoms with Crippen molar-refractivity contribution in [3.05, 3.63) is 34.3 Å². The van der Waals surface area contributed by atoms with Gasteiger partial charge in [0.1, 0.15) is 0 Å². The number of hydrogen-bond donors (Lipinski definition) is 1. The topological polar surface area (TPSA) is 38.4 Å². The quantitative estimate of drug-likeness (QED) is 0.470. The molecule has 0 atom stereocenters. The maximum absolute atomic E-state index is 5.24. The van der Waals surface area contributed by atoms with Gasteiger partial charge < -0.3 is 5.84 Å². The first-order valence-corrected chi connectivity index (χ1v) is 4.60. The van der Waals surface area contributed by atoms with Crippen LogP contribution in [0.4, 0.5) is 0 Å². The highest BCUT2D eigenvalue weighted by atomic mass is 79.9. The van der Waals surface area contributed by atoms with Crippen molar-refractivity contribution < 1.29 is 0 Å². The Balaban J connectivity index is 3.02. The second kappa shape index (κ2) is 4.26. The Morgan fingerprint density at radius 1 is 1.58 bits per heavy atom. The van der Waals surface area contributed by atoms with Crippen LogP contribution < -0.4 is 5.84 Å². The molecule has 0 aliphatic heterocycles. The maximum atomic E-state index is 5.24. The fourth-order valence-electron chi connectivity index (χ4n) is 1.04. The van der Waals surface area contributed by atoms with Crippen LogP contribution in [0.15, 0.2) is 33.8 Å². The third-order valence-electron chi connectivity index (χ3n) is 1.65. The van der Waals surface area contributed by atoms with Crippen molar-refractivity contribution in [1.29, 1.82) is 0 Å². The standard InChI is InChI=1S/C9H11BrN2/c1-2-9(12-11)7-4-3-5-8(10)6-7/h3-6H,2,11H2,1H3. The van der Waals surface area contributed by atoms with E-state index in [4.69, 9.17) is 5.84 Å². The van der Waals surface area contributed by atoms with Crippen LogP contribution in [0.25, 0.3) is 0 Å². The van der Waals surface area contributed by atoms with Gasteiger partial charge in [-0.1, -0.05) is 35.0 Å². The molecule has 0 aliphatic carbocycles. The minimum Gasteiger partial charge on any atom is -0.323 e. The van der Waals surface area contributed by atoms with E-state index in [0.29, 0.717) is 0 Å². The van der Waals surface area contributed by atoms with E-state index in [9.17, 15) is 0 Å². The van der Waals surface area contributed by atoms with Gasteiger partial charge in [0.2, 0.25) is 0 Å². The molecule has 2 N–H and O–H groups in total. The van der Waals surface area contributed by atoms with E-state index in [0.717, 1.165) is 22.2 Å². The number of benzene rings is 1. The Morgan fingerprint density at radius 3 is 2.83 bits per heavy atom. The summed E-state index contributed by atoms with van der Waals surface area (Å²) in [6.45, 7) is 2.03. The predicted octanol–water partition coefficient (Wildman–Crippen LogP) is 2.52. The van der Waals surface area contributed by atoms with Crippen molar-refractivity contribution in [2.75, 3.05) is 0 Å². The van der Waals surface area contributed by atoms with Gasteiger partial charge in [-0.25, -0.2) is 0 Å². The first-order valence-electron chi connectivity index (χ1n) is 3.80. The molecule has 0 saturated carbocycles. The molecule has 0 unspecified atom stereocenters. The number of nitrogens with zero attached hydrogens (tertiary/aromatic N) is 1. The van der Waals surface area contributed by atoms with E-state index in [1.54, 1.807) is 0 Å². The van der Waals surface area contributed by atoms with Crippen LogP contribution in [0, 0.1) is 0 Å². The Morgan fingerprint density at radius 2 is 2.33 bits per heavy atom. The van der Waals surface area contributed by atoms with E-state index >= 15 is 0 Å². The minimum absolute atomic E-state index is 0.854. The van der Waals surface area contributed by atoms with Gasteiger partial charge in [-0.15, -0.1) is 0 Å². The molecular formula is C9H11BrN2. The van der Waals surface area contributed by atoms with E-state index in [2.05, 4.69) is 21.0 Å². The highest BCUT2D eigenvalue weighted by Gasteiger charge is 1.99. The molecule has 0 aliphatic rings. The molecule has 12 heavy (non-hydrogen) atoms. The molecule has 0 spiro atoms. The average Bonchev–Trinajstić information content (AvgIpc) is 2.07. The van der Waals surface area contributed by atoms with Crippen molar-refractivity contribution in [1.82, 2.24) is 0 Å². The van der Waals surface area contributed by atoms with Crippen LogP contribution >= 0.6 is 15.9 Å². The number of rotatable bonds is 2. The van der Waals surface area contributed by atoms with Crippen molar-refractivity contribution in [3.8, 4) is 0 Å². The summed E-state index contributed by atoms with van der Waals surface area (Å²) < 4.78 is 1.05. The number of nitrogens with two attached hydrogens (primary N) is 1. The SMILES string of the molecule is CCC(=NN)c1cccc(Br)c1. The van der Waals surface area contributed by atoms with Gasteiger partial charge in [0.15, 0.2) is 0 Å². The third kappa shape index (κ3) is 2.08. The fraction of sp³-hybridized carbons (Fsp3) is 0.222. The van der Waals surface area contributed by atoms with Crippen molar-refractivity contribution in [2.45, 2.75) is 13.3 Å². The first kappa shape index (κ1) is 9.26. The van der Waals surface area contributed by atoms with Gasteiger partial charge in [-0.3, -0.25) is 0 Å². The molecule has 1 aromatic rings. The fourth-order valence-corrected chi connectivity index (χ4v) is 1.44. The molecule has 2 nitrogen and oxygen atoms in total. The molecule has 0 aromatic heterocycles. The van der Waals surface area contributed by atoms with Crippen LogP contribution in [-0.2, 0) is 0 Å². The molecule has 0 saturated heterocycles. The van der Waals surface area contributed by atoms with Crippen LogP contribution in [0.1, 0.15) is 18.9 Å².